The van der Waals surface area contributed by atoms with Crippen molar-refractivity contribution in [2.45, 2.75) is 32.6 Å². The van der Waals surface area contributed by atoms with Crippen molar-refractivity contribution >= 4 is 22.8 Å². The minimum absolute atomic E-state index is 0.0250. The Morgan fingerprint density at radius 1 is 1.30 bits per heavy atom. The maximum Gasteiger partial charge on any atom is 0.289 e. The Bertz CT molecular complexity index is 874. The number of piperidine rings is 2. The number of β-amino-alcohol motifs (C(OH)–C–C–N with tert-alkyl or cyclic N) is 1. The number of amides is 2. The van der Waals surface area contributed by atoms with Crippen molar-refractivity contribution in [3.63, 3.8) is 0 Å². The van der Waals surface area contributed by atoms with Crippen molar-refractivity contribution in [3.05, 3.63) is 35.6 Å². The van der Waals surface area contributed by atoms with Crippen LogP contribution in [0.4, 0.5) is 0 Å². The first-order valence-electron chi connectivity index (χ1n) is 9.68. The third-order valence-electron chi connectivity index (χ3n) is 6.02. The molecule has 2 amide bonds. The van der Waals surface area contributed by atoms with Gasteiger partial charge in [-0.1, -0.05) is 18.2 Å². The van der Waals surface area contributed by atoms with Crippen molar-refractivity contribution in [2.24, 2.45) is 5.41 Å². The lowest BCUT2D eigenvalue weighted by molar-refractivity contribution is -0.139. The molecule has 6 nitrogen and oxygen atoms in total. The van der Waals surface area contributed by atoms with Gasteiger partial charge in [-0.25, -0.2) is 0 Å². The highest BCUT2D eigenvalue weighted by Gasteiger charge is 2.43. The molecule has 2 aromatic rings. The van der Waals surface area contributed by atoms with Crippen molar-refractivity contribution in [2.75, 3.05) is 32.8 Å². The average molecular weight is 370 g/mol. The largest absolute Gasteiger partial charge is 0.451 e. The third-order valence-corrected chi connectivity index (χ3v) is 6.02. The number of furan rings is 1. The van der Waals surface area contributed by atoms with E-state index in [0.29, 0.717) is 38.4 Å². The van der Waals surface area contributed by atoms with Crippen LogP contribution in [0.1, 0.15) is 41.8 Å². The Labute approximate surface area is 158 Å². The lowest BCUT2D eigenvalue weighted by Gasteiger charge is -2.48. The highest BCUT2D eigenvalue weighted by molar-refractivity contribution is 5.96. The molecule has 1 atom stereocenters. The molecular formula is C21H26N2O4. The number of aliphatic hydroxyl groups is 1. The summed E-state index contributed by atoms with van der Waals surface area (Å²) in [6.45, 7) is 4.29. The van der Waals surface area contributed by atoms with E-state index in [9.17, 15) is 14.7 Å². The van der Waals surface area contributed by atoms with Crippen LogP contribution in [0.5, 0.6) is 0 Å². The van der Waals surface area contributed by atoms with Gasteiger partial charge in [0.15, 0.2) is 5.76 Å². The number of rotatable bonds is 3. The summed E-state index contributed by atoms with van der Waals surface area (Å²) in [4.78, 5) is 28.8. The second kappa shape index (κ2) is 7.00. The van der Waals surface area contributed by atoms with Gasteiger partial charge in [-0.3, -0.25) is 9.59 Å². The van der Waals surface area contributed by atoms with E-state index in [-0.39, 0.29) is 23.8 Å². The van der Waals surface area contributed by atoms with Gasteiger partial charge in [0, 0.05) is 43.4 Å². The molecular weight excluding hydrogens is 344 g/mol. The monoisotopic (exact) mass is 370 g/mol. The van der Waals surface area contributed by atoms with E-state index in [0.717, 1.165) is 35.8 Å². The molecule has 1 aromatic carbocycles. The number of para-hydroxylation sites is 1. The van der Waals surface area contributed by atoms with Crippen LogP contribution < -0.4 is 0 Å². The Morgan fingerprint density at radius 2 is 2.15 bits per heavy atom. The van der Waals surface area contributed by atoms with Crippen LogP contribution in [0.15, 0.2) is 28.7 Å². The standard InChI is InChI=1S/C21H26N2O4/c1-15-4-2-5-16-12-17(27-19(15)16)20(26)23-9-3-7-21(14-23)8-6-18(25)22(13-21)10-11-24/h2,4-5,12,24H,3,6-11,13-14H2,1H3/t21-/m1/s1. The summed E-state index contributed by atoms with van der Waals surface area (Å²) < 4.78 is 5.88. The maximum atomic E-state index is 13.1. The number of carbonyl (C=O) groups excluding carboxylic acids is 2. The van der Waals surface area contributed by atoms with Gasteiger partial charge in [0.25, 0.3) is 5.91 Å². The van der Waals surface area contributed by atoms with Crippen LogP contribution >= 0.6 is 0 Å². The smallest absolute Gasteiger partial charge is 0.289 e. The minimum Gasteiger partial charge on any atom is -0.451 e. The lowest BCUT2D eigenvalue weighted by Crippen LogP contribution is -2.55. The second-order valence-corrected chi connectivity index (χ2v) is 7.97. The molecule has 1 aromatic heterocycles. The van der Waals surface area contributed by atoms with Crippen LogP contribution in [0.2, 0.25) is 0 Å². The number of hydrogen-bond donors (Lipinski definition) is 1. The number of nitrogens with zero attached hydrogens (tertiary/aromatic N) is 2. The van der Waals surface area contributed by atoms with E-state index < -0.39 is 0 Å². The second-order valence-electron chi connectivity index (χ2n) is 7.97. The predicted molar refractivity (Wildman–Crippen MR) is 101 cm³/mol. The Balaban J connectivity index is 1.54. The highest BCUT2D eigenvalue weighted by Crippen LogP contribution is 2.39. The summed E-state index contributed by atoms with van der Waals surface area (Å²) in [5.74, 6) is 0.414. The fraction of sp³-hybridized carbons (Fsp3) is 0.524. The molecule has 0 saturated carbocycles. The van der Waals surface area contributed by atoms with Crippen molar-refractivity contribution in [1.82, 2.24) is 9.80 Å². The van der Waals surface area contributed by atoms with Gasteiger partial charge >= 0.3 is 0 Å². The summed E-state index contributed by atoms with van der Waals surface area (Å²) in [5.41, 5.74) is 1.72. The molecule has 0 aliphatic carbocycles. The average Bonchev–Trinajstić information content (AvgIpc) is 3.10. The first-order valence-corrected chi connectivity index (χ1v) is 9.68. The van der Waals surface area contributed by atoms with E-state index in [1.165, 1.54) is 0 Å². The van der Waals surface area contributed by atoms with Crippen LogP contribution in [0, 0.1) is 12.3 Å². The Hall–Kier alpha value is -2.34. The van der Waals surface area contributed by atoms with Gasteiger partial charge in [-0.2, -0.15) is 0 Å². The normalized spacial score (nSPS) is 23.4. The summed E-state index contributed by atoms with van der Waals surface area (Å²) >= 11 is 0. The van der Waals surface area contributed by atoms with Gasteiger partial charge < -0.3 is 19.3 Å². The van der Waals surface area contributed by atoms with E-state index in [1.54, 1.807) is 4.90 Å². The van der Waals surface area contributed by atoms with Crippen molar-refractivity contribution in [3.8, 4) is 0 Å². The topological polar surface area (TPSA) is 74.0 Å². The minimum atomic E-state index is -0.0738. The summed E-state index contributed by atoms with van der Waals surface area (Å²) in [7, 11) is 0. The molecule has 27 heavy (non-hydrogen) atoms. The lowest BCUT2D eigenvalue weighted by atomic mass is 9.73. The number of carbonyl (C=O) groups is 2. The van der Waals surface area contributed by atoms with E-state index in [4.69, 9.17) is 4.42 Å². The van der Waals surface area contributed by atoms with E-state index in [2.05, 4.69) is 0 Å². The molecule has 1 spiro atoms. The maximum absolute atomic E-state index is 13.1. The summed E-state index contributed by atoms with van der Waals surface area (Å²) in [6.07, 6.45) is 3.22. The van der Waals surface area contributed by atoms with Gasteiger partial charge in [-0.05, 0) is 37.8 Å². The zero-order chi connectivity index (χ0) is 19.0. The number of hydrogen-bond acceptors (Lipinski definition) is 4. The summed E-state index contributed by atoms with van der Waals surface area (Å²) in [6, 6.07) is 7.73. The van der Waals surface area contributed by atoms with Gasteiger partial charge in [0.05, 0.1) is 6.61 Å². The fourth-order valence-corrected chi connectivity index (χ4v) is 4.61. The molecule has 1 N–H and O–H groups in total. The Morgan fingerprint density at radius 3 is 2.93 bits per heavy atom. The SMILES string of the molecule is Cc1cccc2cc(C(=O)N3CCC[C@]4(CCC(=O)N(CCO)C4)C3)oc12. The molecule has 0 unspecified atom stereocenters. The molecule has 2 aliphatic heterocycles. The third kappa shape index (κ3) is 3.34. The molecule has 0 radical (unpaired) electrons. The quantitative estimate of drug-likeness (QED) is 0.901. The molecule has 2 saturated heterocycles. The van der Waals surface area contributed by atoms with Gasteiger partial charge in [0.2, 0.25) is 5.91 Å². The number of aliphatic hydroxyl groups excluding tert-OH is 1. The summed E-state index contributed by atoms with van der Waals surface area (Å²) in [5, 5.41) is 10.2. The first kappa shape index (κ1) is 18.0. The number of likely N-dealkylation sites (tertiary alicyclic amines) is 2. The van der Waals surface area contributed by atoms with E-state index >= 15 is 0 Å². The fourth-order valence-electron chi connectivity index (χ4n) is 4.61. The highest BCUT2D eigenvalue weighted by atomic mass is 16.3. The Kier molecular flexibility index (Phi) is 4.68. The van der Waals surface area contributed by atoms with E-state index in [1.807, 2.05) is 36.1 Å². The first-order chi connectivity index (χ1) is 13.0. The molecule has 0 bridgehead atoms. The van der Waals surface area contributed by atoms with Crippen molar-refractivity contribution < 1.29 is 19.1 Å². The molecule has 2 fully saturated rings. The van der Waals surface area contributed by atoms with Crippen LogP contribution in [-0.4, -0.2) is 59.5 Å². The van der Waals surface area contributed by atoms with Crippen molar-refractivity contribution in [1.29, 1.82) is 0 Å². The number of aryl methyl sites for hydroxylation is 1. The molecule has 2 aliphatic rings. The van der Waals surface area contributed by atoms with Crippen LogP contribution in [0.25, 0.3) is 11.0 Å². The predicted octanol–water partition coefficient (Wildman–Crippen LogP) is 2.58. The number of benzene rings is 1. The molecule has 6 heteroatoms. The zero-order valence-electron chi connectivity index (χ0n) is 15.7. The van der Waals surface area contributed by atoms with Gasteiger partial charge in [0.1, 0.15) is 5.58 Å². The molecule has 4 rings (SSSR count). The molecule has 144 valence electrons. The van der Waals surface area contributed by atoms with Crippen LogP contribution in [0.3, 0.4) is 0 Å². The van der Waals surface area contributed by atoms with Crippen LogP contribution in [-0.2, 0) is 4.79 Å². The number of fused-ring (bicyclic) bond motifs is 1. The van der Waals surface area contributed by atoms with Gasteiger partial charge in [-0.15, -0.1) is 0 Å². The molecule has 3 heterocycles. The zero-order valence-corrected chi connectivity index (χ0v) is 15.7.